The third kappa shape index (κ3) is 7.42. The Bertz CT molecular complexity index is 2880. The van der Waals surface area contributed by atoms with Crippen molar-refractivity contribution in [3.8, 4) is 33.9 Å². The maximum atomic E-state index is 5.33. The van der Waals surface area contributed by atoms with Crippen molar-refractivity contribution in [2.24, 2.45) is 0 Å². The first kappa shape index (κ1) is 38.2. The third-order valence-electron chi connectivity index (χ3n) is 11.2. The minimum atomic E-state index is 0.528. The van der Waals surface area contributed by atoms with E-state index in [9.17, 15) is 0 Å². The zero-order chi connectivity index (χ0) is 41.3. The molecule has 60 heavy (non-hydrogen) atoms. The Hall–Kier alpha value is -7.37. The number of fused-ring (bicyclic) bond motifs is 1. The summed E-state index contributed by atoms with van der Waals surface area (Å²) in [6.45, 7) is 13.2. The molecule has 9 aromatic rings. The van der Waals surface area contributed by atoms with Gasteiger partial charge in [-0.2, -0.15) is 9.97 Å². The largest absolute Gasteiger partial charge is 0.309 e. The van der Waals surface area contributed by atoms with Gasteiger partial charge in [0.05, 0.1) is 17.1 Å². The minimum absolute atomic E-state index is 0.528. The fourth-order valence-corrected chi connectivity index (χ4v) is 8.72. The summed E-state index contributed by atoms with van der Waals surface area (Å²) in [5.41, 5.74) is 16.9. The van der Waals surface area contributed by atoms with E-state index >= 15 is 0 Å². The lowest BCUT2D eigenvalue weighted by molar-refractivity contribution is 1.02. The average Bonchev–Trinajstić information content (AvgIpc) is 3.26. The smallest absolute Gasteiger partial charge is 0.238 e. The molecule has 8 aromatic carbocycles. The second-order valence-corrected chi connectivity index (χ2v) is 15.8. The fraction of sp³-hybridized carbons (Fsp3) is 0.109. The molecule has 0 aliphatic carbocycles. The molecule has 0 atom stereocenters. The van der Waals surface area contributed by atoms with E-state index in [0.717, 1.165) is 50.1 Å². The molecule has 292 valence electrons. The molecule has 0 aliphatic rings. The SMILES string of the molecule is Cc1cc(C)c(N(c2ccc(N(c3nc(-c4ccccc4)nc(-c4cccc(-c5ccccc5)c4)n3)c3cccc4ccccc34)cc2)c2c(C)cc(C)cc2C)c(C)c1. The van der Waals surface area contributed by atoms with Crippen molar-refractivity contribution in [3.05, 3.63) is 209 Å². The van der Waals surface area contributed by atoms with Gasteiger partial charge in [0, 0.05) is 27.9 Å². The Kier molecular flexibility index (Phi) is 10.2. The van der Waals surface area contributed by atoms with Gasteiger partial charge in [0.25, 0.3) is 0 Å². The fourth-order valence-electron chi connectivity index (χ4n) is 8.72. The van der Waals surface area contributed by atoms with Crippen molar-refractivity contribution in [1.29, 1.82) is 0 Å². The summed E-state index contributed by atoms with van der Waals surface area (Å²) in [4.78, 5) is 20.4. The predicted molar refractivity (Wildman–Crippen MR) is 251 cm³/mol. The maximum absolute atomic E-state index is 5.33. The Labute approximate surface area is 353 Å². The monoisotopic (exact) mass is 777 g/mol. The highest BCUT2D eigenvalue weighted by Gasteiger charge is 2.24. The van der Waals surface area contributed by atoms with E-state index in [4.69, 9.17) is 15.0 Å². The summed E-state index contributed by atoms with van der Waals surface area (Å²) in [6, 6.07) is 61.9. The van der Waals surface area contributed by atoms with Gasteiger partial charge in [0.1, 0.15) is 0 Å². The lowest BCUT2D eigenvalue weighted by Crippen LogP contribution is -2.17. The molecule has 5 heteroatoms. The molecule has 0 spiro atoms. The molecular weight excluding hydrogens is 731 g/mol. The molecule has 0 unspecified atom stereocenters. The second kappa shape index (κ2) is 16.1. The van der Waals surface area contributed by atoms with Gasteiger partial charge in [0.2, 0.25) is 5.95 Å². The van der Waals surface area contributed by atoms with Crippen molar-refractivity contribution < 1.29 is 0 Å². The zero-order valence-electron chi connectivity index (χ0n) is 35.0. The third-order valence-corrected chi connectivity index (χ3v) is 11.2. The number of aromatic nitrogens is 3. The second-order valence-electron chi connectivity index (χ2n) is 15.8. The number of hydrogen-bond acceptors (Lipinski definition) is 5. The Morgan fingerprint density at radius 1 is 0.350 bits per heavy atom. The van der Waals surface area contributed by atoms with E-state index in [1.54, 1.807) is 0 Å². The van der Waals surface area contributed by atoms with E-state index in [2.05, 4.69) is 203 Å². The lowest BCUT2D eigenvalue weighted by Gasteiger charge is -2.32. The van der Waals surface area contributed by atoms with Crippen LogP contribution in [0.25, 0.3) is 44.7 Å². The van der Waals surface area contributed by atoms with E-state index in [1.165, 1.54) is 44.8 Å². The van der Waals surface area contributed by atoms with Gasteiger partial charge >= 0.3 is 0 Å². The van der Waals surface area contributed by atoms with Crippen LogP contribution >= 0.6 is 0 Å². The van der Waals surface area contributed by atoms with Crippen LogP contribution < -0.4 is 9.80 Å². The number of aryl methyl sites for hydroxylation is 6. The van der Waals surface area contributed by atoms with E-state index in [1.807, 2.05) is 24.3 Å². The van der Waals surface area contributed by atoms with Gasteiger partial charge in [-0.1, -0.05) is 151 Å². The van der Waals surface area contributed by atoms with Crippen molar-refractivity contribution in [1.82, 2.24) is 15.0 Å². The molecule has 0 saturated carbocycles. The van der Waals surface area contributed by atoms with Crippen LogP contribution in [0.3, 0.4) is 0 Å². The number of anilines is 6. The van der Waals surface area contributed by atoms with Crippen molar-refractivity contribution in [2.45, 2.75) is 41.5 Å². The number of nitrogens with zero attached hydrogens (tertiary/aromatic N) is 5. The summed E-state index contributed by atoms with van der Waals surface area (Å²) in [5, 5.41) is 2.23. The molecule has 1 heterocycles. The lowest BCUT2D eigenvalue weighted by atomic mass is 9.98. The first-order valence-corrected chi connectivity index (χ1v) is 20.5. The molecule has 0 N–H and O–H groups in total. The van der Waals surface area contributed by atoms with Crippen LogP contribution in [0.5, 0.6) is 0 Å². The van der Waals surface area contributed by atoms with Gasteiger partial charge in [-0.25, -0.2) is 4.98 Å². The van der Waals surface area contributed by atoms with Gasteiger partial charge in [-0.15, -0.1) is 0 Å². The highest BCUT2D eigenvalue weighted by Crippen LogP contribution is 2.45. The minimum Gasteiger partial charge on any atom is -0.309 e. The van der Waals surface area contributed by atoms with Crippen LogP contribution in [0.2, 0.25) is 0 Å². The quantitative estimate of drug-likeness (QED) is 0.146. The molecule has 5 nitrogen and oxygen atoms in total. The van der Waals surface area contributed by atoms with Crippen LogP contribution in [-0.4, -0.2) is 15.0 Å². The predicted octanol–water partition coefficient (Wildman–Crippen LogP) is 14.8. The van der Waals surface area contributed by atoms with Crippen LogP contribution in [0.4, 0.5) is 34.4 Å². The van der Waals surface area contributed by atoms with E-state index in [0.29, 0.717) is 17.6 Å². The summed E-state index contributed by atoms with van der Waals surface area (Å²) in [6.07, 6.45) is 0. The maximum Gasteiger partial charge on any atom is 0.238 e. The summed E-state index contributed by atoms with van der Waals surface area (Å²) in [5.74, 6) is 1.73. The van der Waals surface area contributed by atoms with Crippen LogP contribution in [0.15, 0.2) is 176 Å². The first-order valence-electron chi connectivity index (χ1n) is 20.5. The van der Waals surface area contributed by atoms with Gasteiger partial charge in [-0.05, 0) is 117 Å². The van der Waals surface area contributed by atoms with Gasteiger partial charge in [-0.3, -0.25) is 4.90 Å². The normalized spacial score (nSPS) is 11.2. The summed E-state index contributed by atoms with van der Waals surface area (Å²) in [7, 11) is 0. The Balaban J connectivity index is 1.26. The van der Waals surface area contributed by atoms with E-state index < -0.39 is 0 Å². The Morgan fingerprint density at radius 3 is 1.40 bits per heavy atom. The standard InChI is InChI=1S/C55H47N5/c1-36-31-38(3)51(39(4)32-36)60(52-40(5)33-37(2)34-41(52)6)48-29-27-47(28-30-48)59(50-26-16-22-43-19-13-14-25-49(43)50)55-57-53(44-20-11-8-12-21-44)56-54(58-55)46-24-15-23-45(35-46)42-17-9-7-10-18-42/h7-35H,1-6H3. The molecule has 1 aromatic heterocycles. The van der Waals surface area contributed by atoms with Crippen molar-refractivity contribution in [2.75, 3.05) is 9.80 Å². The first-order chi connectivity index (χ1) is 29.2. The van der Waals surface area contributed by atoms with Crippen LogP contribution in [0, 0.1) is 41.5 Å². The molecule has 9 rings (SSSR count). The molecule has 0 fully saturated rings. The summed E-state index contributed by atoms with van der Waals surface area (Å²) < 4.78 is 0. The van der Waals surface area contributed by atoms with Crippen molar-refractivity contribution >= 4 is 45.2 Å². The van der Waals surface area contributed by atoms with Gasteiger partial charge in [0.15, 0.2) is 11.6 Å². The average molecular weight is 778 g/mol. The number of hydrogen-bond donors (Lipinski definition) is 0. The number of rotatable bonds is 9. The van der Waals surface area contributed by atoms with Crippen molar-refractivity contribution in [3.63, 3.8) is 0 Å². The molecule has 0 amide bonds. The van der Waals surface area contributed by atoms with Gasteiger partial charge < -0.3 is 4.90 Å². The number of benzene rings is 8. The van der Waals surface area contributed by atoms with E-state index in [-0.39, 0.29) is 0 Å². The highest BCUT2D eigenvalue weighted by molar-refractivity contribution is 5.98. The topological polar surface area (TPSA) is 45.2 Å². The molecule has 0 aliphatic heterocycles. The molecular formula is C55H47N5. The highest BCUT2D eigenvalue weighted by atomic mass is 15.3. The summed E-state index contributed by atoms with van der Waals surface area (Å²) >= 11 is 0. The Morgan fingerprint density at radius 2 is 0.800 bits per heavy atom. The van der Waals surface area contributed by atoms with Crippen LogP contribution in [0.1, 0.15) is 33.4 Å². The molecule has 0 radical (unpaired) electrons. The molecule has 0 bridgehead atoms. The van der Waals surface area contributed by atoms with Crippen LogP contribution in [-0.2, 0) is 0 Å². The molecule has 0 saturated heterocycles. The zero-order valence-corrected chi connectivity index (χ0v) is 35.0.